The molecule has 116 valence electrons. The summed E-state index contributed by atoms with van der Waals surface area (Å²) in [5.41, 5.74) is 0.0932. The van der Waals surface area contributed by atoms with Crippen molar-refractivity contribution in [2.75, 3.05) is 7.11 Å². The van der Waals surface area contributed by atoms with Gasteiger partial charge in [0.05, 0.1) is 12.8 Å². The molecule has 0 spiro atoms. The van der Waals surface area contributed by atoms with Gasteiger partial charge in [-0.2, -0.15) is 0 Å². The van der Waals surface area contributed by atoms with Crippen molar-refractivity contribution in [2.24, 2.45) is 0 Å². The van der Waals surface area contributed by atoms with E-state index >= 15 is 0 Å². The van der Waals surface area contributed by atoms with Gasteiger partial charge in [-0.1, -0.05) is 0 Å². The lowest BCUT2D eigenvalue weighted by Gasteiger charge is -2.09. The predicted molar refractivity (Wildman–Crippen MR) is 67.7 cm³/mol. The van der Waals surface area contributed by atoms with E-state index < -0.39 is 29.6 Å². The standard InChI is InChI=1S/C14H9F4NO3/c1-21-13(20)12-10(15)6-7-11(19-12)8-2-4-9(5-3-8)22-14(16,17)18/h2-7H,1H3. The van der Waals surface area contributed by atoms with E-state index in [0.29, 0.717) is 5.56 Å². The fourth-order valence-electron chi connectivity index (χ4n) is 1.67. The smallest absolute Gasteiger partial charge is 0.464 e. The molecule has 0 saturated carbocycles. The zero-order chi connectivity index (χ0) is 16.3. The van der Waals surface area contributed by atoms with Crippen LogP contribution in [0.15, 0.2) is 36.4 Å². The summed E-state index contributed by atoms with van der Waals surface area (Å²) in [6.45, 7) is 0. The van der Waals surface area contributed by atoms with Gasteiger partial charge in [0.2, 0.25) is 0 Å². The third kappa shape index (κ3) is 3.72. The average molecular weight is 315 g/mol. The minimum absolute atomic E-state index is 0.209. The molecule has 4 nitrogen and oxygen atoms in total. The maximum Gasteiger partial charge on any atom is 0.573 e. The van der Waals surface area contributed by atoms with Crippen LogP contribution in [0.5, 0.6) is 5.75 Å². The molecule has 0 radical (unpaired) electrons. The number of ether oxygens (including phenoxy) is 2. The van der Waals surface area contributed by atoms with Crippen molar-refractivity contribution in [3.05, 3.63) is 47.9 Å². The molecule has 0 unspecified atom stereocenters. The molecule has 1 aromatic heterocycles. The molecule has 0 bridgehead atoms. The summed E-state index contributed by atoms with van der Waals surface area (Å²) in [4.78, 5) is 15.2. The number of benzene rings is 1. The molecule has 0 aliphatic carbocycles. The first-order valence-corrected chi connectivity index (χ1v) is 5.91. The van der Waals surface area contributed by atoms with E-state index in [1.54, 1.807) is 0 Å². The third-order valence-corrected chi connectivity index (χ3v) is 2.61. The fourth-order valence-corrected chi connectivity index (χ4v) is 1.67. The Bertz CT molecular complexity index is 683. The molecule has 0 aliphatic heterocycles. The van der Waals surface area contributed by atoms with E-state index in [9.17, 15) is 22.4 Å². The zero-order valence-electron chi connectivity index (χ0n) is 11.1. The van der Waals surface area contributed by atoms with Crippen molar-refractivity contribution >= 4 is 5.97 Å². The largest absolute Gasteiger partial charge is 0.573 e. The molecule has 2 aromatic rings. The van der Waals surface area contributed by atoms with Crippen LogP contribution in [0.4, 0.5) is 17.6 Å². The number of nitrogens with zero attached hydrogens (tertiary/aromatic N) is 1. The van der Waals surface area contributed by atoms with Crippen LogP contribution in [-0.2, 0) is 4.74 Å². The molecule has 2 rings (SSSR count). The molecule has 0 fully saturated rings. The maximum atomic E-state index is 13.5. The van der Waals surface area contributed by atoms with E-state index in [4.69, 9.17) is 0 Å². The number of halogens is 4. The van der Waals surface area contributed by atoms with Crippen LogP contribution in [0.2, 0.25) is 0 Å². The highest BCUT2D eigenvalue weighted by Gasteiger charge is 2.31. The maximum absolute atomic E-state index is 13.5. The Hall–Kier alpha value is -2.64. The lowest BCUT2D eigenvalue weighted by molar-refractivity contribution is -0.274. The number of hydrogen-bond donors (Lipinski definition) is 0. The molecule has 1 heterocycles. The van der Waals surface area contributed by atoms with Crippen LogP contribution in [0.1, 0.15) is 10.5 Å². The number of hydrogen-bond acceptors (Lipinski definition) is 4. The summed E-state index contributed by atoms with van der Waals surface area (Å²) in [6.07, 6.45) is -4.78. The van der Waals surface area contributed by atoms with Gasteiger partial charge in [0, 0.05) is 5.56 Å². The molecule has 0 atom stereocenters. The number of carbonyl (C=O) groups excluding carboxylic acids is 1. The molecule has 0 amide bonds. The lowest BCUT2D eigenvalue weighted by Crippen LogP contribution is -2.16. The molecule has 0 aliphatic rings. The van der Waals surface area contributed by atoms with Crippen LogP contribution < -0.4 is 4.74 Å². The second-order valence-corrected chi connectivity index (χ2v) is 4.09. The lowest BCUT2D eigenvalue weighted by atomic mass is 10.1. The van der Waals surface area contributed by atoms with E-state index in [1.165, 1.54) is 18.2 Å². The normalized spacial score (nSPS) is 11.1. The highest BCUT2D eigenvalue weighted by Crippen LogP contribution is 2.26. The summed E-state index contributed by atoms with van der Waals surface area (Å²) < 4.78 is 57.8. The first kappa shape index (κ1) is 15.7. The number of pyridine rings is 1. The van der Waals surface area contributed by atoms with E-state index in [0.717, 1.165) is 25.3 Å². The van der Waals surface area contributed by atoms with Crippen molar-refractivity contribution in [3.8, 4) is 17.0 Å². The van der Waals surface area contributed by atoms with Gasteiger partial charge >= 0.3 is 12.3 Å². The van der Waals surface area contributed by atoms with Crippen molar-refractivity contribution < 1.29 is 31.8 Å². The summed E-state index contributed by atoms with van der Waals surface area (Å²) in [6, 6.07) is 7.11. The van der Waals surface area contributed by atoms with Gasteiger partial charge in [-0.25, -0.2) is 14.2 Å². The average Bonchev–Trinajstić information content (AvgIpc) is 2.46. The molecule has 8 heteroatoms. The number of rotatable bonds is 3. The Balaban J connectivity index is 2.31. The van der Waals surface area contributed by atoms with Gasteiger partial charge in [0.1, 0.15) is 5.75 Å². The first-order chi connectivity index (χ1) is 10.3. The summed E-state index contributed by atoms with van der Waals surface area (Å²) in [7, 11) is 1.08. The van der Waals surface area contributed by atoms with Crippen molar-refractivity contribution in [3.63, 3.8) is 0 Å². The second kappa shape index (κ2) is 6.00. The number of esters is 1. The fraction of sp³-hybridized carbons (Fsp3) is 0.143. The second-order valence-electron chi connectivity index (χ2n) is 4.09. The molecule has 1 aromatic carbocycles. The number of methoxy groups -OCH3 is 1. The molecular weight excluding hydrogens is 306 g/mol. The van der Waals surface area contributed by atoms with Gasteiger partial charge in [-0.05, 0) is 36.4 Å². The van der Waals surface area contributed by atoms with E-state index in [-0.39, 0.29) is 5.69 Å². The quantitative estimate of drug-likeness (QED) is 0.642. The van der Waals surface area contributed by atoms with Gasteiger partial charge in [-0.15, -0.1) is 13.2 Å². The number of alkyl halides is 3. The van der Waals surface area contributed by atoms with Crippen LogP contribution in [0.3, 0.4) is 0 Å². The minimum atomic E-state index is -4.78. The molecule has 22 heavy (non-hydrogen) atoms. The summed E-state index contributed by atoms with van der Waals surface area (Å²) in [5.74, 6) is -2.20. The van der Waals surface area contributed by atoms with Gasteiger partial charge < -0.3 is 9.47 Å². The highest BCUT2D eigenvalue weighted by atomic mass is 19.4. The van der Waals surface area contributed by atoms with Crippen molar-refractivity contribution in [2.45, 2.75) is 6.36 Å². The van der Waals surface area contributed by atoms with Crippen molar-refractivity contribution in [1.82, 2.24) is 4.98 Å². The van der Waals surface area contributed by atoms with Gasteiger partial charge in [0.25, 0.3) is 0 Å². The number of aromatic nitrogens is 1. The minimum Gasteiger partial charge on any atom is -0.464 e. The van der Waals surface area contributed by atoms with Gasteiger partial charge in [-0.3, -0.25) is 0 Å². The SMILES string of the molecule is COC(=O)c1nc(-c2ccc(OC(F)(F)F)cc2)ccc1F. The summed E-state index contributed by atoms with van der Waals surface area (Å²) >= 11 is 0. The Kier molecular flexibility index (Phi) is 4.30. The number of carbonyl (C=O) groups is 1. The first-order valence-electron chi connectivity index (χ1n) is 5.91. The van der Waals surface area contributed by atoms with Crippen LogP contribution >= 0.6 is 0 Å². The van der Waals surface area contributed by atoms with E-state index in [1.807, 2.05) is 0 Å². The van der Waals surface area contributed by atoms with Crippen LogP contribution in [-0.4, -0.2) is 24.4 Å². The van der Waals surface area contributed by atoms with E-state index in [2.05, 4.69) is 14.5 Å². The molecule has 0 saturated heterocycles. The van der Waals surface area contributed by atoms with Gasteiger partial charge in [0.15, 0.2) is 11.5 Å². The zero-order valence-corrected chi connectivity index (χ0v) is 11.1. The topological polar surface area (TPSA) is 48.4 Å². The van der Waals surface area contributed by atoms with Crippen LogP contribution in [0, 0.1) is 5.82 Å². The Labute approximate surface area is 122 Å². The molecule has 0 N–H and O–H groups in total. The monoisotopic (exact) mass is 315 g/mol. The predicted octanol–water partition coefficient (Wildman–Crippen LogP) is 3.57. The molecular formula is C14H9F4NO3. The Morgan fingerprint density at radius 3 is 2.27 bits per heavy atom. The van der Waals surface area contributed by atoms with Crippen LogP contribution in [0.25, 0.3) is 11.3 Å². The Morgan fingerprint density at radius 2 is 1.73 bits per heavy atom. The highest BCUT2D eigenvalue weighted by molar-refractivity contribution is 5.88. The van der Waals surface area contributed by atoms with Crippen molar-refractivity contribution in [1.29, 1.82) is 0 Å². The third-order valence-electron chi connectivity index (χ3n) is 2.61. The summed E-state index contributed by atoms with van der Waals surface area (Å²) in [5, 5.41) is 0. The Morgan fingerprint density at radius 1 is 1.09 bits per heavy atom.